The smallest absolute Gasteiger partial charge is 0.244 e. The largest absolute Gasteiger partial charge is 0.497 e. The molecule has 1 unspecified atom stereocenters. The van der Waals surface area contributed by atoms with Gasteiger partial charge in [-0.2, -0.15) is 0 Å². The molecule has 0 bridgehead atoms. The summed E-state index contributed by atoms with van der Waals surface area (Å²) in [5.74, 6) is 0.216. The van der Waals surface area contributed by atoms with E-state index in [1.54, 1.807) is 32.2 Å². The van der Waals surface area contributed by atoms with Gasteiger partial charge in [0.1, 0.15) is 18.3 Å². The Hall–Kier alpha value is -3.07. The second-order valence-electron chi connectivity index (χ2n) is 9.49. The van der Waals surface area contributed by atoms with Gasteiger partial charge < -0.3 is 15.0 Å². The molecule has 0 radical (unpaired) electrons. The summed E-state index contributed by atoms with van der Waals surface area (Å²) in [6, 6.07) is 12.0. The lowest BCUT2D eigenvalue weighted by Gasteiger charge is -2.33. The summed E-state index contributed by atoms with van der Waals surface area (Å²) in [4.78, 5) is 28.3. The number of aryl methyl sites for hydroxylation is 2. The molecular formula is C27H39N3O5S. The number of hydrogen-bond donors (Lipinski definition) is 1. The van der Waals surface area contributed by atoms with Gasteiger partial charge in [0, 0.05) is 13.1 Å². The summed E-state index contributed by atoms with van der Waals surface area (Å²) >= 11 is 0. The highest BCUT2D eigenvalue weighted by Gasteiger charge is 2.32. The number of nitrogens with zero attached hydrogens (tertiary/aromatic N) is 2. The fourth-order valence-electron chi connectivity index (χ4n) is 3.85. The quantitative estimate of drug-likeness (QED) is 0.464. The van der Waals surface area contributed by atoms with Crippen LogP contribution in [0.4, 0.5) is 5.69 Å². The molecule has 0 aromatic heterocycles. The topological polar surface area (TPSA) is 96.0 Å². The van der Waals surface area contributed by atoms with Gasteiger partial charge in [0.15, 0.2) is 0 Å². The molecule has 198 valence electrons. The van der Waals surface area contributed by atoms with Crippen molar-refractivity contribution in [1.29, 1.82) is 0 Å². The van der Waals surface area contributed by atoms with E-state index in [1.165, 1.54) is 4.90 Å². The van der Waals surface area contributed by atoms with Crippen LogP contribution in [0.5, 0.6) is 5.75 Å². The standard InChI is InChI=1S/C27H39N3O5S/c1-8-24(27(32)28-16-19(2)3)29(17-22-11-13-23(35-6)14-12-22)26(31)18-30(36(7,33)34)25-15-20(4)9-10-21(25)5/h9-15,19,24H,8,16-18H2,1-7H3,(H,28,32). The molecule has 2 amide bonds. The fourth-order valence-corrected chi connectivity index (χ4v) is 4.75. The van der Waals surface area contributed by atoms with Crippen molar-refractivity contribution in [3.05, 3.63) is 59.2 Å². The second-order valence-corrected chi connectivity index (χ2v) is 11.4. The van der Waals surface area contributed by atoms with E-state index < -0.39 is 28.5 Å². The third-order valence-electron chi connectivity index (χ3n) is 5.89. The van der Waals surface area contributed by atoms with Crippen LogP contribution in [0.3, 0.4) is 0 Å². The third-order valence-corrected chi connectivity index (χ3v) is 7.02. The zero-order valence-electron chi connectivity index (χ0n) is 22.4. The summed E-state index contributed by atoms with van der Waals surface area (Å²) < 4.78 is 31.9. The Morgan fingerprint density at radius 1 is 1.06 bits per heavy atom. The van der Waals surface area contributed by atoms with Gasteiger partial charge in [-0.05, 0) is 61.1 Å². The first kappa shape index (κ1) is 29.2. The van der Waals surface area contributed by atoms with Crippen molar-refractivity contribution in [2.75, 3.05) is 30.8 Å². The van der Waals surface area contributed by atoms with Gasteiger partial charge in [0.2, 0.25) is 21.8 Å². The van der Waals surface area contributed by atoms with Crippen LogP contribution in [0.25, 0.3) is 0 Å². The normalized spacial score (nSPS) is 12.2. The van der Waals surface area contributed by atoms with E-state index in [-0.39, 0.29) is 18.4 Å². The molecule has 0 aliphatic carbocycles. The lowest BCUT2D eigenvalue weighted by atomic mass is 10.1. The fraction of sp³-hybridized carbons (Fsp3) is 0.481. The van der Waals surface area contributed by atoms with E-state index in [2.05, 4.69) is 5.32 Å². The van der Waals surface area contributed by atoms with Crippen molar-refractivity contribution >= 4 is 27.5 Å². The molecule has 0 aliphatic rings. The number of ether oxygens (including phenoxy) is 1. The molecule has 0 heterocycles. The Morgan fingerprint density at radius 2 is 1.69 bits per heavy atom. The van der Waals surface area contributed by atoms with Crippen LogP contribution < -0.4 is 14.4 Å². The van der Waals surface area contributed by atoms with Crippen molar-refractivity contribution in [3.63, 3.8) is 0 Å². The zero-order chi connectivity index (χ0) is 27.0. The molecule has 0 aliphatic heterocycles. The molecule has 9 heteroatoms. The number of hydrogen-bond acceptors (Lipinski definition) is 5. The van der Waals surface area contributed by atoms with Crippen LogP contribution in [0.2, 0.25) is 0 Å². The highest BCUT2D eigenvalue weighted by atomic mass is 32.2. The minimum absolute atomic E-state index is 0.154. The first-order chi connectivity index (χ1) is 16.9. The molecule has 36 heavy (non-hydrogen) atoms. The van der Waals surface area contributed by atoms with E-state index >= 15 is 0 Å². The van der Waals surface area contributed by atoms with Crippen LogP contribution in [0.15, 0.2) is 42.5 Å². The third kappa shape index (κ3) is 7.98. The summed E-state index contributed by atoms with van der Waals surface area (Å²) in [5.41, 5.74) is 2.87. The molecular weight excluding hydrogens is 478 g/mol. The number of methoxy groups -OCH3 is 1. The van der Waals surface area contributed by atoms with Crippen molar-refractivity contribution in [2.24, 2.45) is 5.92 Å². The predicted molar refractivity (Wildman–Crippen MR) is 144 cm³/mol. The maximum atomic E-state index is 13.8. The Morgan fingerprint density at radius 3 is 2.22 bits per heavy atom. The predicted octanol–water partition coefficient (Wildman–Crippen LogP) is 3.66. The first-order valence-electron chi connectivity index (χ1n) is 12.1. The van der Waals surface area contributed by atoms with Gasteiger partial charge in [0.25, 0.3) is 0 Å². The number of sulfonamides is 1. The number of carbonyl (C=O) groups excluding carboxylic acids is 2. The second kappa shape index (κ2) is 12.8. The molecule has 2 aromatic carbocycles. The number of carbonyl (C=O) groups is 2. The Labute approximate surface area is 215 Å². The van der Waals surface area contributed by atoms with Gasteiger partial charge >= 0.3 is 0 Å². The van der Waals surface area contributed by atoms with Crippen molar-refractivity contribution < 1.29 is 22.7 Å². The lowest BCUT2D eigenvalue weighted by Crippen LogP contribution is -2.52. The Bertz CT molecular complexity index is 1150. The Balaban J connectivity index is 2.46. The minimum Gasteiger partial charge on any atom is -0.497 e. The summed E-state index contributed by atoms with van der Waals surface area (Å²) in [6.07, 6.45) is 1.47. The summed E-state index contributed by atoms with van der Waals surface area (Å²) in [7, 11) is -2.20. The molecule has 2 rings (SSSR count). The SMILES string of the molecule is CCC(C(=O)NCC(C)C)N(Cc1ccc(OC)cc1)C(=O)CN(c1cc(C)ccc1C)S(C)(=O)=O. The molecule has 1 N–H and O–H groups in total. The van der Waals surface area contributed by atoms with Crippen molar-refractivity contribution in [3.8, 4) is 5.75 Å². The highest BCUT2D eigenvalue weighted by molar-refractivity contribution is 7.92. The van der Waals surface area contributed by atoms with Gasteiger partial charge in [-0.3, -0.25) is 13.9 Å². The van der Waals surface area contributed by atoms with E-state index in [0.29, 0.717) is 24.4 Å². The van der Waals surface area contributed by atoms with Crippen molar-refractivity contribution in [2.45, 2.75) is 53.6 Å². The number of rotatable bonds is 12. The van der Waals surface area contributed by atoms with Crippen LogP contribution in [-0.2, 0) is 26.2 Å². The van der Waals surface area contributed by atoms with Gasteiger partial charge in [0.05, 0.1) is 19.1 Å². The minimum atomic E-state index is -3.77. The van der Waals surface area contributed by atoms with E-state index in [1.807, 2.05) is 52.0 Å². The zero-order valence-corrected chi connectivity index (χ0v) is 23.2. The number of nitrogens with one attached hydrogen (secondary N) is 1. The summed E-state index contributed by atoms with van der Waals surface area (Å²) in [5, 5.41) is 2.92. The molecule has 0 saturated heterocycles. The van der Waals surface area contributed by atoms with Crippen molar-refractivity contribution in [1.82, 2.24) is 10.2 Å². The maximum Gasteiger partial charge on any atom is 0.244 e. The molecule has 2 aromatic rings. The molecule has 0 saturated carbocycles. The van der Waals surface area contributed by atoms with Crippen LogP contribution in [0.1, 0.15) is 43.9 Å². The number of benzene rings is 2. The van der Waals surface area contributed by atoms with E-state index in [9.17, 15) is 18.0 Å². The number of anilines is 1. The molecule has 0 fully saturated rings. The lowest BCUT2D eigenvalue weighted by molar-refractivity contribution is -0.140. The first-order valence-corrected chi connectivity index (χ1v) is 14.0. The number of amides is 2. The monoisotopic (exact) mass is 517 g/mol. The van der Waals surface area contributed by atoms with Gasteiger partial charge in [-0.25, -0.2) is 8.42 Å². The maximum absolute atomic E-state index is 13.8. The van der Waals surface area contributed by atoms with Crippen LogP contribution in [-0.4, -0.2) is 57.6 Å². The van der Waals surface area contributed by atoms with Crippen LogP contribution in [0, 0.1) is 19.8 Å². The molecule has 1 atom stereocenters. The summed E-state index contributed by atoms with van der Waals surface area (Å²) in [6.45, 7) is 9.73. The van der Waals surface area contributed by atoms with Gasteiger partial charge in [-0.15, -0.1) is 0 Å². The van der Waals surface area contributed by atoms with E-state index in [0.717, 1.165) is 27.3 Å². The van der Waals surface area contributed by atoms with Crippen LogP contribution >= 0.6 is 0 Å². The van der Waals surface area contributed by atoms with E-state index in [4.69, 9.17) is 4.74 Å². The highest BCUT2D eigenvalue weighted by Crippen LogP contribution is 2.25. The molecule has 8 nitrogen and oxygen atoms in total. The average molecular weight is 518 g/mol. The van der Waals surface area contributed by atoms with Gasteiger partial charge in [-0.1, -0.05) is 45.0 Å². The molecule has 0 spiro atoms. The Kier molecular flexibility index (Phi) is 10.3. The average Bonchev–Trinajstić information content (AvgIpc) is 2.82.